The van der Waals surface area contributed by atoms with Gasteiger partial charge in [-0.25, -0.2) is 19.9 Å². The fourth-order valence-electron chi connectivity index (χ4n) is 3.95. The zero-order chi connectivity index (χ0) is 21.7. The Morgan fingerprint density at radius 3 is 2.34 bits per heavy atom. The monoisotopic (exact) mass is 416 g/mol. The number of rotatable bonds is 3. The molecule has 6 aromatic rings. The maximum Gasteiger partial charge on any atom is 0.182 e. The van der Waals surface area contributed by atoms with Gasteiger partial charge in [0.1, 0.15) is 22.7 Å². The molecule has 3 aromatic carbocycles. The highest BCUT2D eigenvalue weighted by Gasteiger charge is 2.15. The molecule has 3 aromatic heterocycles. The number of benzene rings is 3. The second-order valence-electron chi connectivity index (χ2n) is 8.19. The summed E-state index contributed by atoms with van der Waals surface area (Å²) >= 11 is 0. The van der Waals surface area contributed by atoms with Crippen molar-refractivity contribution in [1.29, 1.82) is 0 Å². The summed E-state index contributed by atoms with van der Waals surface area (Å²) in [4.78, 5) is 19.1. The average Bonchev–Trinajstić information content (AvgIpc) is 3.21. The first kappa shape index (κ1) is 18.6. The zero-order valence-corrected chi connectivity index (χ0v) is 17.8. The van der Waals surface area contributed by atoms with E-state index in [-0.39, 0.29) is 5.92 Å². The first-order valence-corrected chi connectivity index (χ1v) is 10.7. The van der Waals surface area contributed by atoms with Gasteiger partial charge in [-0.1, -0.05) is 62.4 Å². The van der Waals surface area contributed by atoms with Gasteiger partial charge in [-0.2, -0.15) is 0 Å². The molecule has 0 saturated carbocycles. The Labute approximate surface area is 184 Å². The highest BCUT2D eigenvalue weighted by molar-refractivity contribution is 6.05. The summed E-state index contributed by atoms with van der Waals surface area (Å²) in [6.45, 7) is 4.16. The van der Waals surface area contributed by atoms with Crippen LogP contribution in [0.2, 0.25) is 0 Å². The Balaban J connectivity index is 1.52. The molecule has 0 atom stereocenters. The third-order valence-corrected chi connectivity index (χ3v) is 5.63. The smallest absolute Gasteiger partial charge is 0.182 e. The van der Waals surface area contributed by atoms with Crippen LogP contribution in [0.3, 0.4) is 0 Å². The number of pyridine rings is 1. The first-order valence-electron chi connectivity index (χ1n) is 10.7. The molecule has 0 bridgehead atoms. The molecule has 0 aliphatic heterocycles. The van der Waals surface area contributed by atoms with Crippen LogP contribution in [-0.2, 0) is 0 Å². The molecule has 0 spiro atoms. The van der Waals surface area contributed by atoms with E-state index in [9.17, 15) is 0 Å². The van der Waals surface area contributed by atoms with Gasteiger partial charge >= 0.3 is 0 Å². The van der Waals surface area contributed by atoms with Gasteiger partial charge in [-0.05, 0) is 30.3 Å². The van der Waals surface area contributed by atoms with Crippen LogP contribution in [-0.4, -0.2) is 19.9 Å². The van der Waals surface area contributed by atoms with Crippen molar-refractivity contribution in [2.24, 2.45) is 0 Å². The molecular weight excluding hydrogens is 396 g/mol. The third kappa shape index (κ3) is 3.10. The number of nitrogens with zero attached hydrogens (tertiary/aromatic N) is 4. The summed E-state index contributed by atoms with van der Waals surface area (Å²) in [5, 5.41) is 3.28. The van der Waals surface area contributed by atoms with Crippen LogP contribution in [0.15, 0.2) is 83.3 Å². The quantitative estimate of drug-likeness (QED) is 0.318. The lowest BCUT2D eigenvalue weighted by atomic mass is 10.1. The predicted octanol–water partition coefficient (Wildman–Crippen LogP) is 6.78. The second kappa shape index (κ2) is 7.24. The van der Waals surface area contributed by atoms with Gasteiger partial charge in [0.25, 0.3) is 0 Å². The van der Waals surface area contributed by atoms with Crippen LogP contribution >= 0.6 is 0 Å². The minimum absolute atomic E-state index is 0.158. The zero-order valence-electron chi connectivity index (χ0n) is 17.8. The van der Waals surface area contributed by atoms with E-state index in [1.165, 1.54) is 0 Å². The molecule has 0 unspecified atom stereocenters. The molecule has 0 fully saturated rings. The van der Waals surface area contributed by atoms with Crippen LogP contribution < -0.4 is 0 Å². The molecule has 0 aliphatic carbocycles. The van der Waals surface area contributed by atoms with Gasteiger partial charge in [0.05, 0.1) is 5.52 Å². The summed E-state index contributed by atoms with van der Waals surface area (Å²) < 4.78 is 6.07. The number of aromatic nitrogens is 4. The van der Waals surface area contributed by atoms with E-state index < -0.39 is 0 Å². The molecule has 3 heterocycles. The Hall–Kier alpha value is -4.12. The van der Waals surface area contributed by atoms with E-state index in [2.05, 4.69) is 32.0 Å². The molecule has 0 radical (unpaired) electrons. The van der Waals surface area contributed by atoms with Crippen molar-refractivity contribution in [1.82, 2.24) is 19.9 Å². The molecule has 5 nitrogen and oxygen atoms in total. The molecule has 0 amide bonds. The van der Waals surface area contributed by atoms with E-state index in [0.717, 1.165) is 49.9 Å². The van der Waals surface area contributed by atoms with Crippen LogP contribution in [0.5, 0.6) is 0 Å². The predicted molar refractivity (Wildman–Crippen MR) is 127 cm³/mol. The number of hydrogen-bond donors (Lipinski definition) is 0. The van der Waals surface area contributed by atoms with Gasteiger partial charge in [-0.3, -0.25) is 0 Å². The second-order valence-corrected chi connectivity index (χ2v) is 8.19. The maximum absolute atomic E-state index is 6.07. The molecule has 0 aliphatic rings. The van der Waals surface area contributed by atoms with Gasteiger partial charge in [0.2, 0.25) is 0 Å². The van der Waals surface area contributed by atoms with Crippen LogP contribution in [0.4, 0.5) is 0 Å². The summed E-state index contributed by atoms with van der Waals surface area (Å²) in [6.07, 6.45) is 0. The fourth-order valence-corrected chi connectivity index (χ4v) is 3.95. The van der Waals surface area contributed by atoms with E-state index >= 15 is 0 Å². The Morgan fingerprint density at radius 1 is 0.656 bits per heavy atom. The summed E-state index contributed by atoms with van der Waals surface area (Å²) in [5.74, 6) is 2.10. The Kier molecular flexibility index (Phi) is 4.21. The Morgan fingerprint density at radius 2 is 1.44 bits per heavy atom. The minimum atomic E-state index is 0.158. The van der Waals surface area contributed by atoms with Crippen molar-refractivity contribution in [3.63, 3.8) is 0 Å². The highest BCUT2D eigenvalue weighted by atomic mass is 16.3. The third-order valence-electron chi connectivity index (χ3n) is 5.63. The normalized spacial score (nSPS) is 11.7. The Bertz CT molecular complexity index is 1620. The van der Waals surface area contributed by atoms with Crippen LogP contribution in [0.25, 0.3) is 55.7 Å². The minimum Gasteiger partial charge on any atom is -0.456 e. The summed E-state index contributed by atoms with van der Waals surface area (Å²) in [6, 6.07) is 26.2. The maximum atomic E-state index is 6.07. The van der Waals surface area contributed by atoms with Gasteiger partial charge in [0, 0.05) is 27.6 Å². The number of para-hydroxylation sites is 2. The lowest BCUT2D eigenvalue weighted by Gasteiger charge is -2.10. The first-order chi connectivity index (χ1) is 15.7. The summed E-state index contributed by atoms with van der Waals surface area (Å²) in [7, 11) is 0. The van der Waals surface area contributed by atoms with Crippen molar-refractivity contribution in [2.45, 2.75) is 19.8 Å². The molecule has 6 rings (SSSR count). The highest BCUT2D eigenvalue weighted by Crippen LogP contribution is 2.32. The number of hydrogen-bond acceptors (Lipinski definition) is 5. The van der Waals surface area contributed by atoms with Crippen molar-refractivity contribution in [3.8, 4) is 22.9 Å². The standard InChI is InChI=1S/C27H20N4O/c1-16(2)25-29-26(18-11-13-20-19-8-4-6-10-23(19)32-24(20)15-18)31-27(30-25)22-14-12-17-7-3-5-9-21(17)28-22/h3-16H,1-2H3. The van der Waals surface area contributed by atoms with E-state index in [1.807, 2.05) is 60.7 Å². The van der Waals surface area contributed by atoms with E-state index in [4.69, 9.17) is 24.4 Å². The lowest BCUT2D eigenvalue weighted by Crippen LogP contribution is -2.05. The van der Waals surface area contributed by atoms with Gasteiger partial charge in [0.15, 0.2) is 11.6 Å². The van der Waals surface area contributed by atoms with Gasteiger partial charge < -0.3 is 4.42 Å². The lowest BCUT2D eigenvalue weighted by molar-refractivity contribution is 0.669. The van der Waals surface area contributed by atoms with Crippen molar-refractivity contribution < 1.29 is 4.42 Å². The molecule has 32 heavy (non-hydrogen) atoms. The molecular formula is C27H20N4O. The average molecular weight is 416 g/mol. The SMILES string of the molecule is CC(C)c1nc(-c2ccc3c(c2)oc2ccccc23)nc(-c2ccc3ccccc3n2)n1. The van der Waals surface area contributed by atoms with Crippen LogP contribution in [0.1, 0.15) is 25.6 Å². The largest absolute Gasteiger partial charge is 0.456 e. The molecule has 5 heteroatoms. The molecule has 0 saturated heterocycles. The molecule has 154 valence electrons. The van der Waals surface area contributed by atoms with Crippen molar-refractivity contribution >= 4 is 32.8 Å². The molecule has 0 N–H and O–H groups in total. The summed E-state index contributed by atoms with van der Waals surface area (Å²) in [5.41, 5.74) is 4.24. The topological polar surface area (TPSA) is 64.7 Å². The van der Waals surface area contributed by atoms with Crippen molar-refractivity contribution in [2.75, 3.05) is 0 Å². The van der Waals surface area contributed by atoms with E-state index in [0.29, 0.717) is 11.6 Å². The van der Waals surface area contributed by atoms with Gasteiger partial charge in [-0.15, -0.1) is 0 Å². The number of fused-ring (bicyclic) bond motifs is 4. The van der Waals surface area contributed by atoms with E-state index in [1.54, 1.807) is 0 Å². The van der Waals surface area contributed by atoms with Crippen molar-refractivity contribution in [3.05, 3.63) is 84.7 Å². The van der Waals surface area contributed by atoms with Crippen LogP contribution in [0, 0.1) is 0 Å². The fraction of sp³-hybridized carbons (Fsp3) is 0.111. The number of furan rings is 1.